The topological polar surface area (TPSA) is 37.3 Å². The van der Waals surface area contributed by atoms with Crippen LogP contribution in [0.1, 0.15) is 24.0 Å². The van der Waals surface area contributed by atoms with Gasteiger partial charge in [-0.3, -0.25) is 4.79 Å². The molecule has 0 aliphatic heterocycles. The zero-order valence-corrected chi connectivity index (χ0v) is 7.83. The van der Waals surface area contributed by atoms with Crippen LogP contribution in [0.4, 0.5) is 4.39 Å². The van der Waals surface area contributed by atoms with Crippen molar-refractivity contribution in [3.8, 4) is 0 Å². The molecule has 0 spiro atoms. The second-order valence-electron chi connectivity index (χ2n) is 3.04. The summed E-state index contributed by atoms with van der Waals surface area (Å²) in [6.07, 6.45) is 1.39. The van der Waals surface area contributed by atoms with Gasteiger partial charge in [-0.15, -0.1) is 0 Å². The molecule has 1 aromatic rings. The minimum Gasteiger partial charge on any atom is -0.481 e. The van der Waals surface area contributed by atoms with Crippen LogP contribution in [0.3, 0.4) is 0 Å². The van der Waals surface area contributed by atoms with Crippen molar-refractivity contribution < 1.29 is 14.3 Å². The third kappa shape index (κ3) is 1.99. The van der Waals surface area contributed by atoms with Crippen molar-refractivity contribution in [3.05, 3.63) is 41.7 Å². The van der Waals surface area contributed by atoms with Crippen molar-refractivity contribution in [2.75, 3.05) is 0 Å². The van der Waals surface area contributed by atoms with Gasteiger partial charge < -0.3 is 5.11 Å². The number of hydrogen-bond donors (Lipinski definition) is 1. The van der Waals surface area contributed by atoms with E-state index < -0.39 is 17.7 Å². The standard InChI is InChI=1S/C11H11FO2/c1-3-8-4-5-9(6-10(8)12)7(2)11(13)14/h3-7H,1H2,2H3,(H,13,14). The first-order valence-corrected chi connectivity index (χ1v) is 4.21. The molecule has 1 unspecified atom stereocenters. The predicted molar refractivity (Wildman–Crippen MR) is 52.5 cm³/mol. The Morgan fingerprint density at radius 2 is 2.29 bits per heavy atom. The number of rotatable bonds is 3. The largest absolute Gasteiger partial charge is 0.481 e. The molecule has 1 aromatic carbocycles. The Labute approximate surface area is 81.7 Å². The normalized spacial score (nSPS) is 12.1. The zero-order chi connectivity index (χ0) is 10.7. The molecule has 0 bridgehead atoms. The highest BCUT2D eigenvalue weighted by molar-refractivity contribution is 5.75. The van der Waals surface area contributed by atoms with Crippen LogP contribution in [0.5, 0.6) is 0 Å². The first kappa shape index (κ1) is 10.4. The Kier molecular flexibility index (Phi) is 3.02. The SMILES string of the molecule is C=Cc1ccc(C(C)C(=O)O)cc1F. The van der Waals surface area contributed by atoms with Gasteiger partial charge in [-0.05, 0) is 18.6 Å². The van der Waals surface area contributed by atoms with Gasteiger partial charge in [0, 0.05) is 5.56 Å². The van der Waals surface area contributed by atoms with Gasteiger partial charge in [-0.25, -0.2) is 4.39 Å². The lowest BCUT2D eigenvalue weighted by molar-refractivity contribution is -0.138. The molecule has 1 rings (SSSR count). The van der Waals surface area contributed by atoms with Crippen LogP contribution in [-0.2, 0) is 4.79 Å². The zero-order valence-electron chi connectivity index (χ0n) is 7.83. The second-order valence-corrected chi connectivity index (χ2v) is 3.04. The maximum atomic E-state index is 13.2. The fourth-order valence-electron chi connectivity index (χ4n) is 1.12. The summed E-state index contributed by atoms with van der Waals surface area (Å²) in [4.78, 5) is 10.6. The smallest absolute Gasteiger partial charge is 0.310 e. The number of benzene rings is 1. The number of hydrogen-bond acceptors (Lipinski definition) is 1. The summed E-state index contributed by atoms with van der Waals surface area (Å²) in [5.41, 5.74) is 0.840. The fourth-order valence-corrected chi connectivity index (χ4v) is 1.12. The molecule has 1 atom stereocenters. The lowest BCUT2D eigenvalue weighted by atomic mass is 10.00. The van der Waals surface area contributed by atoms with E-state index in [-0.39, 0.29) is 0 Å². The van der Waals surface area contributed by atoms with E-state index in [1.54, 1.807) is 6.07 Å². The Morgan fingerprint density at radius 3 is 2.71 bits per heavy atom. The Morgan fingerprint density at radius 1 is 1.64 bits per heavy atom. The van der Waals surface area contributed by atoms with Crippen LogP contribution in [-0.4, -0.2) is 11.1 Å². The summed E-state index contributed by atoms with van der Waals surface area (Å²) in [5.74, 6) is -2.09. The minimum absolute atomic E-state index is 0.381. The molecule has 0 aliphatic carbocycles. The molecule has 0 fully saturated rings. The van der Waals surface area contributed by atoms with Crippen LogP contribution >= 0.6 is 0 Å². The van der Waals surface area contributed by atoms with Gasteiger partial charge in [0.25, 0.3) is 0 Å². The maximum absolute atomic E-state index is 13.2. The van der Waals surface area contributed by atoms with Gasteiger partial charge in [-0.1, -0.05) is 24.8 Å². The van der Waals surface area contributed by atoms with Gasteiger partial charge >= 0.3 is 5.97 Å². The average molecular weight is 194 g/mol. The van der Waals surface area contributed by atoms with E-state index in [2.05, 4.69) is 6.58 Å². The highest BCUT2D eigenvalue weighted by atomic mass is 19.1. The predicted octanol–water partition coefficient (Wildman–Crippen LogP) is 2.66. The van der Waals surface area contributed by atoms with Gasteiger partial charge in [0.15, 0.2) is 0 Å². The van der Waals surface area contributed by atoms with E-state index in [4.69, 9.17) is 5.11 Å². The average Bonchev–Trinajstić information content (AvgIpc) is 2.16. The third-order valence-electron chi connectivity index (χ3n) is 2.11. The second kappa shape index (κ2) is 4.05. The van der Waals surface area contributed by atoms with Crippen molar-refractivity contribution in [1.29, 1.82) is 0 Å². The molecule has 0 saturated carbocycles. The molecule has 0 aliphatic rings. The molecule has 0 radical (unpaired) electrons. The van der Waals surface area contributed by atoms with E-state index in [0.717, 1.165) is 0 Å². The summed E-state index contributed by atoms with van der Waals surface area (Å²) in [6, 6.07) is 4.35. The van der Waals surface area contributed by atoms with Crippen LogP contribution < -0.4 is 0 Å². The highest BCUT2D eigenvalue weighted by Crippen LogP contribution is 2.19. The van der Waals surface area contributed by atoms with E-state index in [9.17, 15) is 9.18 Å². The van der Waals surface area contributed by atoms with E-state index in [1.807, 2.05) is 0 Å². The lowest BCUT2D eigenvalue weighted by Crippen LogP contribution is -2.07. The lowest BCUT2D eigenvalue weighted by Gasteiger charge is -2.07. The maximum Gasteiger partial charge on any atom is 0.310 e. The molecule has 1 N–H and O–H groups in total. The molecule has 0 saturated heterocycles. The summed E-state index contributed by atoms with van der Waals surface area (Å²) in [6.45, 7) is 4.96. The molecule has 74 valence electrons. The van der Waals surface area contributed by atoms with Crippen LogP contribution in [0.15, 0.2) is 24.8 Å². The highest BCUT2D eigenvalue weighted by Gasteiger charge is 2.14. The minimum atomic E-state index is -0.962. The number of halogens is 1. The van der Waals surface area contributed by atoms with Gasteiger partial charge in [-0.2, -0.15) is 0 Å². The quantitative estimate of drug-likeness (QED) is 0.803. The number of carboxylic acids is 1. The van der Waals surface area contributed by atoms with E-state index >= 15 is 0 Å². The molecule has 0 amide bonds. The van der Waals surface area contributed by atoms with Crippen molar-refractivity contribution in [2.45, 2.75) is 12.8 Å². The molecule has 2 nitrogen and oxygen atoms in total. The van der Waals surface area contributed by atoms with Crippen LogP contribution in [0, 0.1) is 5.82 Å². The number of carboxylic acid groups (broad SMARTS) is 1. The first-order valence-electron chi connectivity index (χ1n) is 4.21. The first-order chi connectivity index (χ1) is 6.56. The molecular weight excluding hydrogens is 183 g/mol. The van der Waals surface area contributed by atoms with Gasteiger partial charge in [0.05, 0.1) is 5.92 Å². The molecule has 14 heavy (non-hydrogen) atoms. The number of carbonyl (C=O) groups is 1. The van der Waals surface area contributed by atoms with E-state index in [0.29, 0.717) is 11.1 Å². The van der Waals surface area contributed by atoms with Gasteiger partial charge in [0.2, 0.25) is 0 Å². The van der Waals surface area contributed by atoms with Crippen molar-refractivity contribution >= 4 is 12.0 Å². The van der Waals surface area contributed by atoms with Crippen molar-refractivity contribution in [1.82, 2.24) is 0 Å². The third-order valence-corrected chi connectivity index (χ3v) is 2.11. The van der Waals surface area contributed by atoms with Crippen LogP contribution in [0.2, 0.25) is 0 Å². The molecule has 3 heteroatoms. The summed E-state index contributed by atoms with van der Waals surface area (Å²) >= 11 is 0. The Bertz CT molecular complexity index is 372. The van der Waals surface area contributed by atoms with E-state index in [1.165, 1.54) is 25.1 Å². The summed E-state index contributed by atoms with van der Waals surface area (Å²) in [7, 11) is 0. The van der Waals surface area contributed by atoms with Crippen molar-refractivity contribution in [3.63, 3.8) is 0 Å². The van der Waals surface area contributed by atoms with Gasteiger partial charge in [0.1, 0.15) is 5.82 Å². The molecule has 0 heterocycles. The summed E-state index contributed by atoms with van der Waals surface area (Å²) < 4.78 is 13.2. The number of aliphatic carboxylic acids is 1. The van der Waals surface area contributed by atoms with Crippen LogP contribution in [0.25, 0.3) is 6.08 Å². The molecular formula is C11H11FO2. The Balaban J connectivity index is 3.08. The fraction of sp³-hybridized carbons (Fsp3) is 0.182. The van der Waals surface area contributed by atoms with Crippen molar-refractivity contribution in [2.24, 2.45) is 0 Å². The monoisotopic (exact) mass is 194 g/mol. The molecule has 0 aromatic heterocycles. The summed E-state index contributed by atoms with van der Waals surface area (Å²) in [5, 5.41) is 8.71. The Hall–Kier alpha value is -1.64.